The highest BCUT2D eigenvalue weighted by molar-refractivity contribution is 7.44. The Balaban J connectivity index is 1.05. The van der Waals surface area contributed by atoms with Crippen molar-refractivity contribution in [3.8, 4) is 46.0 Å². The lowest BCUT2D eigenvalue weighted by Crippen LogP contribution is -2.29. The highest BCUT2D eigenvalue weighted by Crippen LogP contribution is 2.65. The van der Waals surface area contributed by atoms with Crippen molar-refractivity contribution < 1.29 is 109 Å². The Kier molecular flexibility index (Phi) is 27.6. The molecule has 8 bridgehead atoms. The lowest BCUT2D eigenvalue weighted by atomic mass is 9.75. The molecule has 0 spiro atoms. The third-order valence-electron chi connectivity index (χ3n) is 22.0. The largest absolute Gasteiger partial charge is 0.426 e. The molecule has 17 rings (SSSR count). The van der Waals surface area contributed by atoms with Gasteiger partial charge in [0.25, 0.3) is 0 Å². The number of benzene rings is 8. The van der Waals surface area contributed by atoms with Crippen molar-refractivity contribution in [2.45, 2.75) is 146 Å². The Bertz CT molecular complexity index is 4650. The molecule has 9 aliphatic rings. The van der Waals surface area contributed by atoms with Crippen molar-refractivity contribution in [2.24, 2.45) is 37.9 Å². The Labute approximate surface area is 739 Å². The number of rotatable bonds is 20. The summed E-state index contributed by atoms with van der Waals surface area (Å²) in [5.74, 6) is -0.807. The van der Waals surface area contributed by atoms with E-state index in [1.165, 1.54) is 0 Å². The van der Waals surface area contributed by atoms with E-state index in [4.69, 9.17) is 109 Å². The van der Waals surface area contributed by atoms with Gasteiger partial charge in [0, 0.05) is 137 Å². The van der Waals surface area contributed by atoms with E-state index in [1.54, 1.807) is 0 Å². The zero-order valence-electron chi connectivity index (χ0n) is 73.2. The molecule has 32 heteroatoms. The van der Waals surface area contributed by atoms with Crippen molar-refractivity contribution in [1.82, 2.24) is 0 Å². The average Bonchev–Trinajstić information content (AvgIpc) is 0.729. The first-order valence-corrected chi connectivity index (χ1v) is 50.8. The minimum Gasteiger partial charge on any atom is -0.426 e. The van der Waals surface area contributed by atoms with E-state index in [2.05, 4.69) is 184 Å². The Morgan fingerprint density at radius 3 is 0.532 bits per heavy atom. The molecule has 5 unspecified atom stereocenters. The zero-order valence-corrected chi connectivity index (χ0v) is 80.3. The van der Waals surface area contributed by atoms with Crippen LogP contribution in [0.25, 0.3) is 0 Å². The van der Waals surface area contributed by atoms with Crippen LogP contribution in [0.15, 0.2) is 170 Å². The minimum atomic E-state index is -2.16. The van der Waals surface area contributed by atoms with Crippen LogP contribution >= 0.6 is 68.8 Å². The summed E-state index contributed by atoms with van der Waals surface area (Å²) in [7, 11) is -17.1. The van der Waals surface area contributed by atoms with Gasteiger partial charge >= 0.3 is 68.8 Å². The van der Waals surface area contributed by atoms with Crippen LogP contribution in [0.3, 0.4) is 0 Å². The maximum absolute atomic E-state index is 7.60. The maximum Gasteiger partial charge on any atom is 0.397 e. The second kappa shape index (κ2) is 37.7. The van der Waals surface area contributed by atoms with Gasteiger partial charge in [-0.1, -0.05) is 218 Å². The summed E-state index contributed by atoms with van der Waals surface area (Å²) in [5, 5.41) is 0. The molecule has 8 aromatic rings. The van der Waals surface area contributed by atoms with E-state index >= 15 is 0 Å². The van der Waals surface area contributed by atoms with Crippen LogP contribution < -0.4 is 36.2 Å². The molecule has 124 heavy (non-hydrogen) atoms. The van der Waals surface area contributed by atoms with Gasteiger partial charge in [-0.15, -0.1) is 0 Å². The molecule has 0 aromatic heterocycles. The molecule has 8 fully saturated rings. The SMILES string of the molecule is CC1(C)COP(Oc2cc(OP3OCC(C)(C)CO3)c3cc2C(c2ccccc2)c2cc(c(OP4OCC(C)(C)CO4)cc2OP2OCC(C)(C)CO2)C(c2ccccc2)c2cc(c(OP4OCCC(C)(C)O4)cc2OP2OCC(C)(C)CO2)C(c2ccccc2)c2cc(c(OP4OCC(C)(C)CO4)cc2OP2OCC(C)(C)CO2)C3c2ccccc2)OC1. The van der Waals surface area contributed by atoms with Crippen LogP contribution in [0.5, 0.6) is 46.0 Å². The van der Waals surface area contributed by atoms with E-state index in [9.17, 15) is 0 Å². The molecule has 24 nitrogen and oxygen atoms in total. The highest BCUT2D eigenvalue weighted by atomic mass is 31.2. The van der Waals surface area contributed by atoms with Crippen LogP contribution in [0, 0.1) is 37.9 Å². The van der Waals surface area contributed by atoms with Crippen LogP contribution in [0.2, 0.25) is 0 Å². The lowest BCUT2D eigenvalue weighted by molar-refractivity contribution is 0.0204. The molecule has 0 amide bonds. The molecule has 1 aliphatic carbocycles. The van der Waals surface area contributed by atoms with E-state index in [-0.39, 0.29) is 37.9 Å². The summed E-state index contributed by atoms with van der Waals surface area (Å²) in [6, 6.07) is 57.7. The third-order valence-corrected chi connectivity index (χ3v) is 30.6. The van der Waals surface area contributed by atoms with E-state index in [0.29, 0.717) is 196 Å². The van der Waals surface area contributed by atoms with Crippen molar-refractivity contribution in [2.75, 3.05) is 99.1 Å². The summed E-state index contributed by atoms with van der Waals surface area (Å²) < 4.78 is 169. The van der Waals surface area contributed by atoms with Crippen LogP contribution in [-0.4, -0.2) is 105 Å². The summed E-state index contributed by atoms with van der Waals surface area (Å²) in [6.07, 6.45) is 0.612. The molecule has 8 saturated heterocycles. The topological polar surface area (TPSA) is 222 Å². The zero-order chi connectivity index (χ0) is 86.6. The first-order valence-electron chi connectivity index (χ1n) is 42.1. The fourth-order valence-electron chi connectivity index (χ4n) is 14.9. The predicted octanol–water partition coefficient (Wildman–Crippen LogP) is 26.3. The molecular formula is C92H112O24P8. The number of fused-ring (bicyclic) bond motifs is 8. The molecule has 8 heterocycles. The van der Waals surface area contributed by atoms with Gasteiger partial charge in [-0.2, -0.15) is 0 Å². The Hall–Kier alpha value is -5.04. The van der Waals surface area contributed by atoms with Gasteiger partial charge in [0.1, 0.15) is 46.0 Å². The normalized spacial score (nSPS) is 25.4. The third kappa shape index (κ3) is 22.1. The van der Waals surface area contributed by atoms with Crippen LogP contribution in [-0.2, 0) is 72.4 Å². The maximum atomic E-state index is 7.60. The van der Waals surface area contributed by atoms with Crippen LogP contribution in [0.1, 0.15) is 208 Å². The van der Waals surface area contributed by atoms with Gasteiger partial charge in [-0.3, -0.25) is 4.52 Å². The monoisotopic (exact) mass is 1850 g/mol. The lowest BCUT2D eigenvalue weighted by Gasteiger charge is -2.37. The molecular weight excluding hydrogens is 1740 g/mol. The van der Waals surface area contributed by atoms with Crippen molar-refractivity contribution in [3.05, 3.63) is 237 Å². The van der Waals surface area contributed by atoms with Crippen LogP contribution in [0.4, 0.5) is 0 Å². The number of hydrogen-bond acceptors (Lipinski definition) is 24. The van der Waals surface area contributed by atoms with Gasteiger partial charge in [0.05, 0.1) is 105 Å². The first-order chi connectivity index (χ1) is 59.2. The molecule has 5 atom stereocenters. The standard InChI is InChI=1S/C92H112O24P8/c1-85(2)47-94-117(95-48-85)108-73-43-74(109-118-96-49-86(3,4)50-97-118)66-39-65(73)81(61-29-21-17-22-30-61)67-40-68(76(111-120-100-53-88(7,8)54-101-120)44-75(67)110-119-98-51-87(5,6)52-99-119)83(63-33-25-19-26-34-63)71-42-72(80(115-124-93-38-37-92(15,16)116-124)46-79(71)114-123-106-59-91(13,14)60-107-123)84(64-35-27-20-28-36-64)70-41-69(82(66)62-31-23-18-24-32-62)77(112-121-102-55-89(9,10)56-103-121)45-78(70)113-122-104-57-90(11,12)58-105-122/h17-36,39-46,81-84H,37-38,47-60H2,1-16H3. The van der Waals surface area contributed by atoms with Gasteiger partial charge in [0.2, 0.25) is 0 Å². The van der Waals surface area contributed by atoms with E-state index < -0.39 is 98.1 Å². The van der Waals surface area contributed by atoms with Crippen molar-refractivity contribution in [1.29, 1.82) is 0 Å². The van der Waals surface area contributed by atoms with E-state index in [0.717, 1.165) is 22.3 Å². The van der Waals surface area contributed by atoms with E-state index in [1.807, 2.05) is 97.1 Å². The van der Waals surface area contributed by atoms with Crippen molar-refractivity contribution >= 4 is 68.8 Å². The summed E-state index contributed by atoms with van der Waals surface area (Å²) in [4.78, 5) is 0. The quantitative estimate of drug-likeness (QED) is 0.0647. The predicted molar refractivity (Wildman–Crippen MR) is 481 cm³/mol. The fraction of sp³-hybridized carbons (Fsp3) is 0.478. The Morgan fingerprint density at radius 2 is 0.371 bits per heavy atom. The number of hydrogen-bond donors (Lipinski definition) is 0. The smallest absolute Gasteiger partial charge is 0.397 e. The highest BCUT2D eigenvalue weighted by Gasteiger charge is 2.47. The Morgan fingerprint density at radius 1 is 0.210 bits per heavy atom. The molecule has 664 valence electrons. The van der Waals surface area contributed by atoms with Gasteiger partial charge in [0.15, 0.2) is 0 Å². The summed E-state index contributed by atoms with van der Waals surface area (Å²) in [5.41, 5.74) is 5.20. The summed E-state index contributed by atoms with van der Waals surface area (Å²) >= 11 is 0. The second-order valence-corrected chi connectivity index (χ2v) is 48.1. The summed E-state index contributed by atoms with van der Waals surface area (Å²) in [6.45, 7) is 38.8. The fourth-order valence-corrected chi connectivity index (χ4v) is 26.0. The van der Waals surface area contributed by atoms with Gasteiger partial charge < -0.3 is 104 Å². The van der Waals surface area contributed by atoms with Gasteiger partial charge in [-0.05, 0) is 60.4 Å². The minimum absolute atomic E-state index is 0.341. The van der Waals surface area contributed by atoms with Gasteiger partial charge in [-0.25, -0.2) is 0 Å². The molecule has 0 radical (unpaired) electrons. The average molecular weight is 1850 g/mol. The molecule has 8 aromatic carbocycles. The second-order valence-electron chi connectivity index (χ2n) is 39.0. The molecule has 8 aliphatic heterocycles. The molecule has 0 N–H and O–H groups in total. The molecule has 0 saturated carbocycles. The first kappa shape index (κ1) is 90.9. The van der Waals surface area contributed by atoms with Crippen molar-refractivity contribution in [3.63, 3.8) is 0 Å².